The SMILES string of the molecule is COc1ccc(F)c(-n2cnc(COc3cccc(CCC(=O)O)c3)c2CC(C)C)c1. The third-order valence-electron chi connectivity index (χ3n) is 4.87. The van der Waals surface area contributed by atoms with Crippen LogP contribution in [0.5, 0.6) is 11.5 Å². The summed E-state index contributed by atoms with van der Waals surface area (Å²) >= 11 is 0. The van der Waals surface area contributed by atoms with Crippen molar-refractivity contribution in [1.82, 2.24) is 9.55 Å². The van der Waals surface area contributed by atoms with Crippen molar-refractivity contribution in [2.45, 2.75) is 39.7 Å². The van der Waals surface area contributed by atoms with E-state index in [1.165, 1.54) is 6.07 Å². The van der Waals surface area contributed by atoms with Gasteiger partial charge in [0.25, 0.3) is 0 Å². The lowest BCUT2D eigenvalue weighted by Gasteiger charge is -2.14. The molecule has 0 saturated heterocycles. The number of aromatic nitrogens is 2. The van der Waals surface area contributed by atoms with Crippen molar-refractivity contribution in [3.63, 3.8) is 0 Å². The van der Waals surface area contributed by atoms with Crippen LogP contribution in [0.3, 0.4) is 0 Å². The highest BCUT2D eigenvalue weighted by Gasteiger charge is 2.17. The molecular formula is C24H27FN2O4. The minimum absolute atomic E-state index is 0.0680. The number of benzene rings is 2. The van der Waals surface area contributed by atoms with Crippen LogP contribution in [0.2, 0.25) is 0 Å². The molecule has 0 amide bonds. The Kier molecular flexibility index (Phi) is 7.28. The highest BCUT2D eigenvalue weighted by molar-refractivity contribution is 5.67. The van der Waals surface area contributed by atoms with Crippen LogP contribution >= 0.6 is 0 Å². The van der Waals surface area contributed by atoms with Gasteiger partial charge >= 0.3 is 5.97 Å². The van der Waals surface area contributed by atoms with Gasteiger partial charge in [0, 0.05) is 18.2 Å². The summed E-state index contributed by atoms with van der Waals surface area (Å²) in [4.78, 5) is 15.3. The van der Waals surface area contributed by atoms with Crippen LogP contribution in [-0.2, 0) is 24.2 Å². The zero-order valence-corrected chi connectivity index (χ0v) is 18.0. The number of aryl methyl sites for hydroxylation is 1. The van der Waals surface area contributed by atoms with Crippen LogP contribution < -0.4 is 9.47 Å². The molecule has 3 rings (SSSR count). The Morgan fingerprint density at radius 3 is 2.71 bits per heavy atom. The molecule has 0 aliphatic rings. The van der Waals surface area contributed by atoms with E-state index < -0.39 is 5.97 Å². The molecule has 6 nitrogen and oxygen atoms in total. The van der Waals surface area contributed by atoms with Gasteiger partial charge in [0.1, 0.15) is 23.9 Å². The van der Waals surface area contributed by atoms with E-state index in [0.717, 1.165) is 17.0 Å². The Balaban J connectivity index is 1.84. The van der Waals surface area contributed by atoms with E-state index in [-0.39, 0.29) is 18.8 Å². The molecule has 0 unspecified atom stereocenters. The fourth-order valence-corrected chi connectivity index (χ4v) is 3.34. The average Bonchev–Trinajstić information content (AvgIpc) is 3.13. The Labute approximate surface area is 181 Å². The molecule has 7 heteroatoms. The summed E-state index contributed by atoms with van der Waals surface area (Å²) in [7, 11) is 1.55. The lowest BCUT2D eigenvalue weighted by molar-refractivity contribution is -0.136. The second-order valence-electron chi connectivity index (χ2n) is 7.75. The molecule has 0 aliphatic heterocycles. The van der Waals surface area contributed by atoms with E-state index in [1.54, 1.807) is 30.1 Å². The van der Waals surface area contributed by atoms with Crippen molar-refractivity contribution in [2.24, 2.45) is 5.92 Å². The maximum absolute atomic E-state index is 14.6. The van der Waals surface area contributed by atoms with Gasteiger partial charge in [0.2, 0.25) is 0 Å². The molecule has 0 saturated carbocycles. The Hall–Kier alpha value is -3.35. The largest absolute Gasteiger partial charge is 0.497 e. The van der Waals surface area contributed by atoms with Gasteiger partial charge in [-0.1, -0.05) is 26.0 Å². The van der Waals surface area contributed by atoms with E-state index >= 15 is 0 Å². The fourth-order valence-electron chi connectivity index (χ4n) is 3.34. The van der Waals surface area contributed by atoms with E-state index in [9.17, 15) is 9.18 Å². The van der Waals surface area contributed by atoms with E-state index in [0.29, 0.717) is 35.9 Å². The molecule has 0 radical (unpaired) electrons. The highest BCUT2D eigenvalue weighted by atomic mass is 19.1. The molecule has 1 aromatic heterocycles. The summed E-state index contributed by atoms with van der Waals surface area (Å²) < 4.78 is 27.5. The third-order valence-corrected chi connectivity index (χ3v) is 4.87. The number of carboxylic acids is 1. The number of methoxy groups -OCH3 is 1. The molecule has 0 spiro atoms. The van der Waals surface area contributed by atoms with Crippen molar-refractivity contribution >= 4 is 5.97 Å². The van der Waals surface area contributed by atoms with Crippen molar-refractivity contribution in [3.05, 3.63) is 71.6 Å². The van der Waals surface area contributed by atoms with Gasteiger partial charge in [0.05, 0.1) is 24.8 Å². The van der Waals surface area contributed by atoms with Crippen LogP contribution in [0, 0.1) is 11.7 Å². The summed E-state index contributed by atoms with van der Waals surface area (Å²) in [6.45, 7) is 4.41. The van der Waals surface area contributed by atoms with Gasteiger partial charge in [-0.05, 0) is 48.6 Å². The molecule has 2 aromatic carbocycles. The Bertz CT molecular complexity index is 1050. The molecule has 0 atom stereocenters. The zero-order chi connectivity index (χ0) is 22.4. The standard InChI is InChI=1S/C24H27FN2O4/c1-16(2)11-23-21(14-31-19-6-4-5-17(12-19)7-10-24(28)29)26-15-27(23)22-13-18(30-3)8-9-20(22)25/h4-6,8-9,12-13,15-16H,7,10-11,14H2,1-3H3,(H,28,29). The first-order valence-corrected chi connectivity index (χ1v) is 10.2. The molecule has 0 fully saturated rings. The quantitative estimate of drug-likeness (QED) is 0.503. The molecular weight excluding hydrogens is 399 g/mol. The molecule has 1 N–H and O–H groups in total. The number of aliphatic carboxylic acids is 1. The number of hydrogen-bond donors (Lipinski definition) is 1. The first-order valence-electron chi connectivity index (χ1n) is 10.2. The number of carbonyl (C=O) groups is 1. The van der Waals surface area contributed by atoms with Crippen LogP contribution in [0.15, 0.2) is 48.8 Å². The zero-order valence-electron chi connectivity index (χ0n) is 18.0. The molecule has 31 heavy (non-hydrogen) atoms. The van der Waals surface area contributed by atoms with Crippen molar-refractivity contribution in [2.75, 3.05) is 7.11 Å². The fraction of sp³-hybridized carbons (Fsp3) is 0.333. The van der Waals surface area contributed by atoms with Crippen molar-refractivity contribution < 1.29 is 23.8 Å². The average molecular weight is 426 g/mol. The minimum Gasteiger partial charge on any atom is -0.497 e. The first-order chi connectivity index (χ1) is 14.9. The number of hydrogen-bond acceptors (Lipinski definition) is 4. The predicted molar refractivity (Wildman–Crippen MR) is 115 cm³/mol. The van der Waals surface area contributed by atoms with Gasteiger partial charge in [-0.2, -0.15) is 0 Å². The molecule has 164 valence electrons. The molecule has 0 aliphatic carbocycles. The number of rotatable bonds is 10. The lowest BCUT2D eigenvalue weighted by atomic mass is 10.1. The number of imidazole rings is 1. The molecule has 3 aromatic rings. The number of halogens is 1. The summed E-state index contributed by atoms with van der Waals surface area (Å²) in [6, 6.07) is 12.0. The second-order valence-corrected chi connectivity index (χ2v) is 7.75. The smallest absolute Gasteiger partial charge is 0.303 e. The number of nitrogens with zero attached hydrogens (tertiary/aromatic N) is 2. The lowest BCUT2D eigenvalue weighted by Crippen LogP contribution is -2.09. The maximum atomic E-state index is 14.6. The van der Waals surface area contributed by atoms with Gasteiger partial charge in [-0.3, -0.25) is 9.36 Å². The van der Waals surface area contributed by atoms with Gasteiger partial charge in [-0.15, -0.1) is 0 Å². The molecule has 1 heterocycles. The van der Waals surface area contributed by atoms with Crippen LogP contribution in [0.25, 0.3) is 5.69 Å². The third kappa shape index (κ3) is 5.84. The van der Waals surface area contributed by atoms with Gasteiger partial charge < -0.3 is 14.6 Å². The topological polar surface area (TPSA) is 73.6 Å². The van der Waals surface area contributed by atoms with E-state index in [4.69, 9.17) is 14.6 Å². The predicted octanol–water partition coefficient (Wildman–Crippen LogP) is 4.81. The molecule has 0 bridgehead atoms. The van der Waals surface area contributed by atoms with Crippen LogP contribution in [0.4, 0.5) is 4.39 Å². The monoisotopic (exact) mass is 426 g/mol. The minimum atomic E-state index is -0.833. The van der Waals surface area contributed by atoms with Gasteiger partial charge in [0.15, 0.2) is 0 Å². The Morgan fingerprint density at radius 2 is 2.00 bits per heavy atom. The maximum Gasteiger partial charge on any atom is 0.303 e. The summed E-state index contributed by atoms with van der Waals surface area (Å²) in [5.41, 5.74) is 2.88. The Morgan fingerprint density at radius 1 is 1.19 bits per heavy atom. The van der Waals surface area contributed by atoms with Crippen molar-refractivity contribution in [3.8, 4) is 17.2 Å². The number of ether oxygens (including phenoxy) is 2. The summed E-state index contributed by atoms with van der Waals surface area (Å²) in [5, 5.41) is 8.87. The van der Waals surface area contributed by atoms with E-state index in [1.807, 2.05) is 24.3 Å². The normalized spacial score (nSPS) is 11.0. The number of carboxylic acid groups (broad SMARTS) is 1. The van der Waals surface area contributed by atoms with E-state index in [2.05, 4.69) is 18.8 Å². The summed E-state index contributed by atoms with van der Waals surface area (Å²) in [6.07, 6.45) is 2.82. The van der Waals surface area contributed by atoms with Crippen LogP contribution in [0.1, 0.15) is 37.2 Å². The highest BCUT2D eigenvalue weighted by Crippen LogP contribution is 2.25. The van der Waals surface area contributed by atoms with Gasteiger partial charge in [-0.25, -0.2) is 9.37 Å². The summed E-state index contributed by atoms with van der Waals surface area (Å²) in [5.74, 6) is 0.348. The first kappa shape index (κ1) is 22.3. The second kappa shape index (κ2) is 10.1. The van der Waals surface area contributed by atoms with Crippen LogP contribution in [-0.4, -0.2) is 27.7 Å². The van der Waals surface area contributed by atoms with Crippen molar-refractivity contribution in [1.29, 1.82) is 0 Å².